The molecular weight excluding hydrogens is 442 g/mol. The fourth-order valence-electron chi connectivity index (χ4n) is 3.18. The van der Waals surface area contributed by atoms with Crippen LogP contribution in [-0.2, 0) is 6.54 Å². The molecule has 166 valence electrons. The zero-order valence-corrected chi connectivity index (χ0v) is 18.4. The number of carbonyl (C=O) groups is 1. The minimum absolute atomic E-state index is 0.0899. The quantitative estimate of drug-likeness (QED) is 0.331. The van der Waals surface area contributed by atoms with Gasteiger partial charge >= 0.3 is 0 Å². The van der Waals surface area contributed by atoms with E-state index in [4.69, 9.17) is 0 Å². The van der Waals surface area contributed by atoms with Gasteiger partial charge < -0.3 is 5.32 Å². The second kappa shape index (κ2) is 9.53. The number of nitrogens with zero attached hydrogens (tertiary/aromatic N) is 4. The van der Waals surface area contributed by atoms with Crippen molar-refractivity contribution >= 4 is 22.9 Å². The topological polar surface area (TPSA) is 120 Å². The van der Waals surface area contributed by atoms with Gasteiger partial charge in [-0.1, -0.05) is 30.3 Å². The largest absolute Gasteiger partial charge is 0.350 e. The molecule has 0 unspecified atom stereocenters. The molecular formula is C23H19N5O4S. The summed E-state index contributed by atoms with van der Waals surface area (Å²) in [6.07, 6.45) is 0. The number of hydrogen-bond acceptors (Lipinski definition) is 7. The van der Waals surface area contributed by atoms with Gasteiger partial charge in [-0.3, -0.25) is 19.7 Å². The number of nitro benzene ring substituents is 1. The number of thiazole rings is 1. The van der Waals surface area contributed by atoms with Crippen molar-refractivity contribution in [2.75, 3.05) is 6.54 Å². The van der Waals surface area contributed by atoms with Crippen molar-refractivity contribution in [1.29, 1.82) is 0 Å². The zero-order valence-electron chi connectivity index (χ0n) is 17.6. The van der Waals surface area contributed by atoms with Gasteiger partial charge in [-0.2, -0.15) is 5.10 Å². The lowest BCUT2D eigenvalue weighted by Crippen LogP contribution is -2.31. The predicted molar refractivity (Wildman–Crippen MR) is 125 cm³/mol. The number of rotatable bonds is 7. The Balaban J connectivity index is 1.46. The van der Waals surface area contributed by atoms with Gasteiger partial charge in [0.05, 0.1) is 22.0 Å². The first-order valence-electron chi connectivity index (χ1n) is 10.1. The Morgan fingerprint density at radius 1 is 1.09 bits per heavy atom. The van der Waals surface area contributed by atoms with Crippen LogP contribution in [0.2, 0.25) is 0 Å². The van der Waals surface area contributed by atoms with E-state index in [2.05, 4.69) is 15.4 Å². The molecule has 10 heteroatoms. The molecule has 1 N–H and O–H groups in total. The summed E-state index contributed by atoms with van der Waals surface area (Å²) >= 11 is 1.50. The first-order valence-corrected chi connectivity index (χ1v) is 10.9. The van der Waals surface area contributed by atoms with Gasteiger partial charge in [0.2, 0.25) is 0 Å². The van der Waals surface area contributed by atoms with Crippen LogP contribution in [0.1, 0.15) is 16.1 Å². The number of aryl methyl sites for hydroxylation is 1. The summed E-state index contributed by atoms with van der Waals surface area (Å²) in [5.74, 6) is -0.389. The minimum Gasteiger partial charge on any atom is -0.350 e. The third-order valence-electron chi connectivity index (χ3n) is 4.87. The number of nitrogens with one attached hydrogen (secondary N) is 1. The second-order valence-electron chi connectivity index (χ2n) is 7.14. The smallest absolute Gasteiger partial charge is 0.269 e. The maximum Gasteiger partial charge on any atom is 0.269 e. The van der Waals surface area contributed by atoms with E-state index in [0.717, 1.165) is 21.1 Å². The van der Waals surface area contributed by atoms with Crippen molar-refractivity contribution in [3.63, 3.8) is 0 Å². The molecule has 0 saturated carbocycles. The number of nitro groups is 1. The lowest BCUT2D eigenvalue weighted by atomic mass is 10.2. The summed E-state index contributed by atoms with van der Waals surface area (Å²) in [6, 6.07) is 18.3. The number of non-ortho nitro benzene ring substituents is 1. The Morgan fingerprint density at radius 3 is 2.52 bits per heavy atom. The second-order valence-corrected chi connectivity index (χ2v) is 8.14. The number of aromatic nitrogens is 3. The fraction of sp³-hybridized carbons (Fsp3) is 0.130. The van der Waals surface area contributed by atoms with Crippen LogP contribution in [0, 0.1) is 17.0 Å². The van der Waals surface area contributed by atoms with Gasteiger partial charge in [0, 0.05) is 35.9 Å². The number of carbonyl (C=O) groups excluding carboxylic acids is 1. The Morgan fingerprint density at radius 2 is 1.82 bits per heavy atom. The van der Waals surface area contributed by atoms with Crippen molar-refractivity contribution in [1.82, 2.24) is 20.1 Å². The molecule has 2 heterocycles. The normalized spacial score (nSPS) is 10.7. The zero-order chi connectivity index (χ0) is 23.4. The van der Waals surface area contributed by atoms with E-state index in [9.17, 15) is 19.7 Å². The molecule has 4 rings (SSSR count). The molecule has 2 aromatic carbocycles. The molecule has 0 saturated heterocycles. The average Bonchev–Trinajstić information content (AvgIpc) is 3.22. The highest BCUT2D eigenvalue weighted by Gasteiger charge is 2.14. The Hall–Kier alpha value is -4.18. The highest BCUT2D eigenvalue weighted by Crippen LogP contribution is 2.33. The minimum atomic E-state index is -0.527. The van der Waals surface area contributed by atoms with Gasteiger partial charge in [0.1, 0.15) is 10.7 Å². The van der Waals surface area contributed by atoms with E-state index in [1.165, 1.54) is 46.4 Å². The Labute approximate surface area is 192 Å². The van der Waals surface area contributed by atoms with Gasteiger partial charge in [0.25, 0.3) is 17.2 Å². The lowest BCUT2D eigenvalue weighted by molar-refractivity contribution is -0.384. The molecule has 2 aromatic heterocycles. The van der Waals surface area contributed by atoms with Gasteiger partial charge in [-0.05, 0) is 25.1 Å². The van der Waals surface area contributed by atoms with E-state index in [0.29, 0.717) is 11.3 Å². The summed E-state index contributed by atoms with van der Waals surface area (Å²) < 4.78 is 1.30. The summed E-state index contributed by atoms with van der Waals surface area (Å²) in [4.78, 5) is 40.3. The van der Waals surface area contributed by atoms with E-state index in [1.807, 2.05) is 37.3 Å². The Kier molecular flexibility index (Phi) is 6.36. The maximum atomic E-state index is 12.3. The summed E-state index contributed by atoms with van der Waals surface area (Å²) in [5, 5.41) is 18.8. The molecule has 0 aliphatic carbocycles. The number of hydrogen-bond donors (Lipinski definition) is 1. The Bertz CT molecular complexity index is 1360. The summed E-state index contributed by atoms with van der Waals surface area (Å²) in [5.41, 5.74) is 2.39. The van der Waals surface area contributed by atoms with E-state index < -0.39 is 4.92 Å². The highest BCUT2D eigenvalue weighted by atomic mass is 32.1. The SMILES string of the molecule is Cc1nc(-c2ccccc2)sc1-c1ccc(=O)n(CCNC(=O)c2ccc([N+](=O)[O-])cc2)n1. The van der Waals surface area contributed by atoms with Crippen LogP contribution in [0.5, 0.6) is 0 Å². The lowest BCUT2D eigenvalue weighted by Gasteiger charge is -2.08. The van der Waals surface area contributed by atoms with Crippen LogP contribution in [0.4, 0.5) is 5.69 Å². The molecule has 1 amide bonds. The molecule has 0 bridgehead atoms. The third-order valence-corrected chi connectivity index (χ3v) is 6.10. The molecule has 9 nitrogen and oxygen atoms in total. The summed E-state index contributed by atoms with van der Waals surface area (Å²) in [7, 11) is 0. The van der Waals surface area contributed by atoms with Crippen molar-refractivity contribution in [2.24, 2.45) is 0 Å². The van der Waals surface area contributed by atoms with Crippen LogP contribution in [-0.4, -0.2) is 32.1 Å². The van der Waals surface area contributed by atoms with E-state index in [-0.39, 0.29) is 30.2 Å². The van der Waals surface area contributed by atoms with Crippen molar-refractivity contribution in [3.05, 3.63) is 98.5 Å². The molecule has 0 radical (unpaired) electrons. The van der Waals surface area contributed by atoms with Crippen molar-refractivity contribution in [2.45, 2.75) is 13.5 Å². The molecule has 0 atom stereocenters. The van der Waals surface area contributed by atoms with E-state index in [1.54, 1.807) is 6.07 Å². The van der Waals surface area contributed by atoms with Crippen molar-refractivity contribution in [3.8, 4) is 21.1 Å². The van der Waals surface area contributed by atoms with Crippen molar-refractivity contribution < 1.29 is 9.72 Å². The standard InChI is InChI=1S/C23H19N5O4S/c1-15-21(33-23(25-15)17-5-3-2-4-6-17)19-11-12-20(29)27(26-19)14-13-24-22(30)16-7-9-18(10-8-16)28(31)32/h2-12H,13-14H2,1H3,(H,24,30). The van der Waals surface area contributed by atoms with Crippen LogP contribution in [0.3, 0.4) is 0 Å². The number of benzene rings is 2. The molecule has 33 heavy (non-hydrogen) atoms. The van der Waals surface area contributed by atoms with Crippen LogP contribution < -0.4 is 10.9 Å². The van der Waals surface area contributed by atoms with Gasteiger partial charge in [-0.25, -0.2) is 9.67 Å². The molecule has 0 aliphatic heterocycles. The van der Waals surface area contributed by atoms with Gasteiger partial charge in [-0.15, -0.1) is 11.3 Å². The summed E-state index contributed by atoms with van der Waals surface area (Å²) in [6.45, 7) is 2.25. The van der Waals surface area contributed by atoms with Crippen LogP contribution >= 0.6 is 11.3 Å². The number of amides is 1. The molecule has 0 fully saturated rings. The third kappa shape index (κ3) is 5.01. The monoisotopic (exact) mass is 461 g/mol. The molecule has 4 aromatic rings. The van der Waals surface area contributed by atoms with Crippen LogP contribution in [0.25, 0.3) is 21.1 Å². The first kappa shape index (κ1) is 22.0. The molecule has 0 aliphatic rings. The van der Waals surface area contributed by atoms with Crippen LogP contribution in [0.15, 0.2) is 71.5 Å². The fourth-order valence-corrected chi connectivity index (χ4v) is 4.22. The van der Waals surface area contributed by atoms with Gasteiger partial charge in [0.15, 0.2) is 0 Å². The first-order chi connectivity index (χ1) is 15.9. The maximum absolute atomic E-state index is 12.3. The molecule has 0 spiro atoms. The predicted octanol–water partition coefficient (Wildman–Crippen LogP) is 3.68. The highest BCUT2D eigenvalue weighted by molar-refractivity contribution is 7.18. The average molecular weight is 462 g/mol. The van der Waals surface area contributed by atoms with E-state index >= 15 is 0 Å².